The average molecular weight is 399 g/mol. The summed E-state index contributed by atoms with van der Waals surface area (Å²) < 4.78 is 10.3. The summed E-state index contributed by atoms with van der Waals surface area (Å²) in [6, 6.07) is 0. The summed E-state index contributed by atoms with van der Waals surface area (Å²) in [4.78, 5) is 32.5. The minimum absolute atomic E-state index is 0.135. The number of hydrogen-bond donors (Lipinski definition) is 1. The van der Waals surface area contributed by atoms with Crippen LogP contribution in [0.3, 0.4) is 0 Å². The number of rotatable bonds is 6. The van der Waals surface area contributed by atoms with Crippen molar-refractivity contribution >= 4 is 18.0 Å². The van der Waals surface area contributed by atoms with Gasteiger partial charge in [-0.15, -0.1) is 0 Å². The van der Waals surface area contributed by atoms with Crippen LogP contribution >= 0.6 is 0 Å². The molecule has 0 aromatic heterocycles. The van der Waals surface area contributed by atoms with Crippen LogP contribution in [0.15, 0.2) is 4.99 Å². The van der Waals surface area contributed by atoms with Crippen LogP contribution < -0.4 is 5.32 Å². The van der Waals surface area contributed by atoms with Crippen LogP contribution in [-0.4, -0.2) is 80.3 Å². The number of carbonyl (C=O) groups is 2. The monoisotopic (exact) mass is 398 g/mol. The van der Waals surface area contributed by atoms with Crippen molar-refractivity contribution in [2.24, 2.45) is 22.7 Å². The van der Waals surface area contributed by atoms with Gasteiger partial charge in [0.05, 0.1) is 13.0 Å². The van der Waals surface area contributed by atoms with E-state index in [1.54, 1.807) is 11.9 Å². The number of methoxy groups -OCH3 is 1. The van der Waals surface area contributed by atoms with Gasteiger partial charge in [0.25, 0.3) is 0 Å². The Balaban J connectivity index is 2.67. The van der Waals surface area contributed by atoms with Crippen molar-refractivity contribution in [3.8, 4) is 0 Å². The summed E-state index contributed by atoms with van der Waals surface area (Å²) in [7, 11) is 3.17. The summed E-state index contributed by atoms with van der Waals surface area (Å²) in [5, 5.41) is 3.30. The van der Waals surface area contributed by atoms with E-state index in [0.29, 0.717) is 19.6 Å². The summed E-state index contributed by atoms with van der Waals surface area (Å²) in [5.41, 5.74) is -0.506. The zero-order valence-electron chi connectivity index (χ0n) is 18.7. The van der Waals surface area contributed by atoms with Gasteiger partial charge in [-0.2, -0.15) is 0 Å². The van der Waals surface area contributed by atoms with Crippen molar-refractivity contribution in [2.45, 2.75) is 47.1 Å². The molecule has 1 aliphatic rings. The molecule has 0 spiro atoms. The number of aliphatic imine (C=N–C) groups is 1. The van der Waals surface area contributed by atoms with Crippen molar-refractivity contribution in [1.29, 1.82) is 0 Å². The average Bonchev–Trinajstić information content (AvgIpc) is 2.97. The molecule has 1 amide bonds. The summed E-state index contributed by atoms with van der Waals surface area (Å²) >= 11 is 0. The first-order valence-corrected chi connectivity index (χ1v) is 10.0. The third-order valence-electron chi connectivity index (χ3n) is 4.59. The molecule has 8 nitrogen and oxygen atoms in total. The number of nitrogens with one attached hydrogen (secondary N) is 1. The molecule has 1 N–H and O–H groups in total. The fourth-order valence-corrected chi connectivity index (χ4v) is 3.21. The molecule has 0 aromatic carbocycles. The maximum atomic E-state index is 12.1. The number of esters is 1. The maximum absolute atomic E-state index is 12.1. The fourth-order valence-electron chi connectivity index (χ4n) is 3.21. The van der Waals surface area contributed by atoms with Crippen molar-refractivity contribution in [1.82, 2.24) is 15.1 Å². The van der Waals surface area contributed by atoms with Gasteiger partial charge in [0.1, 0.15) is 5.60 Å². The summed E-state index contributed by atoms with van der Waals surface area (Å²) in [5.74, 6) is 0.880. The molecule has 0 aliphatic carbocycles. The van der Waals surface area contributed by atoms with Crippen LogP contribution in [-0.2, 0) is 14.3 Å². The molecular weight excluding hydrogens is 360 g/mol. The first-order chi connectivity index (χ1) is 13.0. The number of nitrogens with zero attached hydrogens (tertiary/aromatic N) is 3. The minimum atomic E-state index is -0.506. The molecule has 28 heavy (non-hydrogen) atoms. The lowest BCUT2D eigenvalue weighted by Crippen LogP contribution is -2.41. The van der Waals surface area contributed by atoms with E-state index in [0.717, 1.165) is 19.0 Å². The quantitative estimate of drug-likeness (QED) is 0.420. The molecule has 8 heteroatoms. The van der Waals surface area contributed by atoms with E-state index in [9.17, 15) is 9.59 Å². The van der Waals surface area contributed by atoms with Crippen molar-refractivity contribution < 1.29 is 19.1 Å². The second kappa shape index (κ2) is 10.5. The zero-order chi connectivity index (χ0) is 21.5. The van der Waals surface area contributed by atoms with Crippen LogP contribution in [0, 0.1) is 17.8 Å². The molecule has 1 rings (SSSR count). The van der Waals surface area contributed by atoms with Crippen LogP contribution in [0.25, 0.3) is 0 Å². The highest BCUT2D eigenvalue weighted by atomic mass is 16.6. The molecule has 1 saturated heterocycles. The molecule has 0 radical (unpaired) electrons. The van der Waals surface area contributed by atoms with Crippen molar-refractivity contribution in [3.63, 3.8) is 0 Å². The first-order valence-electron chi connectivity index (χ1n) is 10.0. The zero-order valence-corrected chi connectivity index (χ0v) is 18.7. The molecule has 1 fully saturated rings. The van der Waals surface area contributed by atoms with E-state index in [-0.39, 0.29) is 29.8 Å². The second-order valence-corrected chi connectivity index (χ2v) is 8.67. The van der Waals surface area contributed by atoms with Gasteiger partial charge in [-0.05, 0) is 39.5 Å². The van der Waals surface area contributed by atoms with E-state index in [1.165, 1.54) is 7.11 Å². The van der Waals surface area contributed by atoms with Gasteiger partial charge in [0.15, 0.2) is 5.96 Å². The largest absolute Gasteiger partial charge is 0.469 e. The molecule has 0 bridgehead atoms. The Kier molecular flexibility index (Phi) is 9.04. The third kappa shape index (κ3) is 7.56. The highest BCUT2D eigenvalue weighted by Crippen LogP contribution is 2.24. The smallest absolute Gasteiger partial charge is 0.410 e. The Bertz CT molecular complexity index is 559. The predicted molar refractivity (Wildman–Crippen MR) is 110 cm³/mol. The highest BCUT2D eigenvalue weighted by Gasteiger charge is 2.36. The van der Waals surface area contributed by atoms with Gasteiger partial charge in [0, 0.05) is 39.8 Å². The lowest BCUT2D eigenvalue weighted by atomic mass is 9.99. The Morgan fingerprint density at radius 1 is 1.32 bits per heavy atom. The minimum Gasteiger partial charge on any atom is -0.469 e. The molecular formula is C20H38N4O4. The van der Waals surface area contributed by atoms with Crippen LogP contribution in [0.1, 0.15) is 41.5 Å². The van der Waals surface area contributed by atoms with Crippen LogP contribution in [0.2, 0.25) is 0 Å². The molecule has 1 heterocycles. The molecule has 0 aromatic rings. The number of hydrogen-bond acceptors (Lipinski definition) is 5. The number of ether oxygens (including phenoxy) is 2. The topological polar surface area (TPSA) is 83.5 Å². The predicted octanol–water partition coefficient (Wildman–Crippen LogP) is 2.20. The Morgan fingerprint density at radius 2 is 1.96 bits per heavy atom. The Hall–Kier alpha value is -1.99. The third-order valence-corrected chi connectivity index (χ3v) is 4.59. The SMILES string of the molecule is CCNC(=NCC(C)CN(C)C(=O)OC(C)(C)C)N1CC(C)C(C(=O)OC)C1. The maximum Gasteiger partial charge on any atom is 0.410 e. The molecule has 1 aliphatic heterocycles. The van der Waals surface area contributed by atoms with E-state index in [2.05, 4.69) is 24.1 Å². The van der Waals surface area contributed by atoms with E-state index < -0.39 is 5.60 Å². The van der Waals surface area contributed by atoms with Gasteiger partial charge >= 0.3 is 12.1 Å². The molecule has 0 saturated carbocycles. The van der Waals surface area contributed by atoms with Crippen LogP contribution in [0.4, 0.5) is 4.79 Å². The lowest BCUT2D eigenvalue weighted by Gasteiger charge is -2.26. The summed E-state index contributed by atoms with van der Waals surface area (Å²) in [6.07, 6.45) is -0.329. The molecule has 162 valence electrons. The summed E-state index contributed by atoms with van der Waals surface area (Å²) in [6.45, 7) is 14.9. The Labute approximate surface area is 169 Å². The van der Waals surface area contributed by atoms with Gasteiger partial charge in [-0.3, -0.25) is 9.79 Å². The van der Waals surface area contributed by atoms with Gasteiger partial charge in [-0.25, -0.2) is 4.79 Å². The van der Waals surface area contributed by atoms with Crippen LogP contribution in [0.5, 0.6) is 0 Å². The number of likely N-dealkylation sites (tertiary alicyclic amines) is 1. The highest BCUT2D eigenvalue weighted by molar-refractivity contribution is 5.82. The fraction of sp³-hybridized carbons (Fsp3) is 0.850. The molecule has 3 atom stereocenters. The van der Waals surface area contributed by atoms with E-state index in [4.69, 9.17) is 14.5 Å². The van der Waals surface area contributed by atoms with Gasteiger partial charge in [-0.1, -0.05) is 13.8 Å². The normalized spacial score (nSPS) is 21.3. The van der Waals surface area contributed by atoms with E-state index in [1.807, 2.05) is 27.7 Å². The Morgan fingerprint density at radius 3 is 2.50 bits per heavy atom. The standard InChI is InChI=1S/C20H38N4O4/c1-9-21-18(24-12-15(3)16(13-24)17(25)27-8)22-10-14(2)11-23(7)19(26)28-20(4,5)6/h14-16H,9-13H2,1-8H3,(H,21,22). The number of carbonyl (C=O) groups excluding carboxylic acids is 2. The van der Waals surface area contributed by atoms with E-state index >= 15 is 0 Å². The van der Waals surface area contributed by atoms with Crippen molar-refractivity contribution in [2.75, 3.05) is 46.9 Å². The van der Waals surface area contributed by atoms with Crippen molar-refractivity contribution in [3.05, 3.63) is 0 Å². The lowest BCUT2D eigenvalue weighted by molar-refractivity contribution is -0.145. The van der Waals surface area contributed by atoms with Gasteiger partial charge < -0.3 is 24.6 Å². The second-order valence-electron chi connectivity index (χ2n) is 8.67. The first kappa shape index (κ1) is 24.0. The number of amides is 1. The van der Waals surface area contributed by atoms with Gasteiger partial charge in [0.2, 0.25) is 0 Å². The number of guanidine groups is 1. The molecule has 3 unspecified atom stereocenters.